The van der Waals surface area contributed by atoms with E-state index in [0.29, 0.717) is 50.3 Å². The van der Waals surface area contributed by atoms with Crippen LogP contribution in [0.5, 0.6) is 0 Å². The third kappa shape index (κ3) is 4.35. The summed E-state index contributed by atoms with van der Waals surface area (Å²) in [7, 11) is 1.80. The number of fused-ring (bicyclic) bond motifs is 1. The van der Waals surface area contributed by atoms with Crippen molar-refractivity contribution in [3.63, 3.8) is 0 Å². The Labute approximate surface area is 221 Å². The number of imidazole rings is 1. The molecular formula is C26H20Cl3N5O2. The van der Waals surface area contributed by atoms with Crippen LogP contribution in [-0.4, -0.2) is 44.4 Å². The van der Waals surface area contributed by atoms with E-state index < -0.39 is 0 Å². The van der Waals surface area contributed by atoms with E-state index in [1.807, 2.05) is 30.3 Å². The summed E-state index contributed by atoms with van der Waals surface area (Å²) in [6.07, 6.45) is 0. The highest BCUT2D eigenvalue weighted by Gasteiger charge is 2.24. The van der Waals surface area contributed by atoms with Gasteiger partial charge in [-0.3, -0.25) is 13.9 Å². The van der Waals surface area contributed by atoms with Crippen molar-refractivity contribution in [2.75, 3.05) is 25.1 Å². The fourth-order valence-corrected chi connectivity index (χ4v) is 4.62. The molecule has 182 valence electrons. The molecule has 36 heavy (non-hydrogen) atoms. The van der Waals surface area contributed by atoms with E-state index in [2.05, 4.69) is 4.98 Å². The number of nitrogens with zero attached hydrogens (tertiary/aromatic N) is 5. The number of aromatic nitrogens is 4. The molecule has 5 aromatic rings. The molecule has 5 rings (SSSR count). The molecule has 2 heterocycles. The number of halogens is 3. The maximum absolute atomic E-state index is 14.0. The maximum atomic E-state index is 14.0. The summed E-state index contributed by atoms with van der Waals surface area (Å²) in [5.74, 6) is 0.793. The molecule has 0 saturated heterocycles. The molecule has 0 atom stereocenters. The largest absolute Gasteiger partial charge is 0.395 e. The van der Waals surface area contributed by atoms with Gasteiger partial charge in [-0.15, -0.1) is 0 Å². The highest BCUT2D eigenvalue weighted by molar-refractivity contribution is 6.36. The number of aliphatic hydroxyl groups excluding tert-OH is 1. The van der Waals surface area contributed by atoms with E-state index in [1.54, 1.807) is 59.0 Å². The van der Waals surface area contributed by atoms with Gasteiger partial charge in [-0.25, -0.2) is 9.97 Å². The fourth-order valence-electron chi connectivity index (χ4n) is 4.00. The number of anilines is 1. The number of rotatable bonds is 6. The van der Waals surface area contributed by atoms with Gasteiger partial charge in [-0.2, -0.15) is 0 Å². The third-order valence-corrected chi connectivity index (χ3v) is 6.51. The van der Waals surface area contributed by atoms with Gasteiger partial charge < -0.3 is 10.0 Å². The van der Waals surface area contributed by atoms with Crippen LogP contribution in [0.4, 0.5) is 5.95 Å². The SMILES string of the molecule is CN(CCO)c1nc2c(=O)n(-c3ccc(Cl)cc3)c(-c3ccc(Cl)cc3Cl)nc2n1-c1ccccc1. The maximum Gasteiger partial charge on any atom is 0.286 e. The second-order valence-corrected chi connectivity index (χ2v) is 9.36. The van der Waals surface area contributed by atoms with Gasteiger partial charge in [-0.1, -0.05) is 53.0 Å². The summed E-state index contributed by atoms with van der Waals surface area (Å²) in [5.41, 5.74) is 2.00. The van der Waals surface area contributed by atoms with E-state index in [4.69, 9.17) is 39.8 Å². The summed E-state index contributed by atoms with van der Waals surface area (Å²) in [5, 5.41) is 10.9. The Hall–Kier alpha value is -3.36. The van der Waals surface area contributed by atoms with Crippen LogP contribution >= 0.6 is 34.8 Å². The number of hydrogen-bond acceptors (Lipinski definition) is 5. The Morgan fingerprint density at radius 3 is 2.19 bits per heavy atom. The smallest absolute Gasteiger partial charge is 0.286 e. The highest BCUT2D eigenvalue weighted by Crippen LogP contribution is 2.32. The Balaban J connectivity index is 1.92. The summed E-state index contributed by atoms with van der Waals surface area (Å²) < 4.78 is 3.26. The van der Waals surface area contributed by atoms with Crippen LogP contribution in [0.15, 0.2) is 77.6 Å². The average Bonchev–Trinajstić information content (AvgIpc) is 3.26. The number of para-hydroxylation sites is 1. The monoisotopic (exact) mass is 539 g/mol. The van der Waals surface area contributed by atoms with Crippen molar-refractivity contribution < 1.29 is 5.11 Å². The molecule has 7 nitrogen and oxygen atoms in total. The van der Waals surface area contributed by atoms with Crippen molar-refractivity contribution in [1.82, 2.24) is 19.1 Å². The molecule has 0 radical (unpaired) electrons. The van der Waals surface area contributed by atoms with E-state index in [-0.39, 0.29) is 17.7 Å². The van der Waals surface area contributed by atoms with Crippen LogP contribution in [0.1, 0.15) is 0 Å². The molecule has 0 amide bonds. The van der Waals surface area contributed by atoms with Crippen molar-refractivity contribution in [1.29, 1.82) is 0 Å². The predicted octanol–water partition coefficient (Wildman–Crippen LogP) is 5.63. The predicted molar refractivity (Wildman–Crippen MR) is 145 cm³/mol. The molecule has 1 N–H and O–H groups in total. The Morgan fingerprint density at radius 2 is 1.53 bits per heavy atom. The van der Waals surface area contributed by atoms with Crippen LogP contribution < -0.4 is 10.5 Å². The van der Waals surface area contributed by atoms with Crippen LogP contribution in [0.2, 0.25) is 15.1 Å². The van der Waals surface area contributed by atoms with Crippen LogP contribution in [0, 0.1) is 0 Å². The molecule has 10 heteroatoms. The minimum Gasteiger partial charge on any atom is -0.395 e. The second kappa shape index (κ2) is 9.95. The van der Waals surface area contributed by atoms with Gasteiger partial charge in [0.15, 0.2) is 17.0 Å². The highest BCUT2D eigenvalue weighted by atomic mass is 35.5. The second-order valence-electron chi connectivity index (χ2n) is 8.08. The lowest BCUT2D eigenvalue weighted by molar-refractivity contribution is 0.303. The molecule has 0 aliphatic heterocycles. The fraction of sp³-hybridized carbons (Fsp3) is 0.115. The van der Waals surface area contributed by atoms with Gasteiger partial charge in [0, 0.05) is 29.2 Å². The van der Waals surface area contributed by atoms with E-state index in [1.165, 1.54) is 4.57 Å². The first kappa shape index (κ1) is 24.3. The van der Waals surface area contributed by atoms with Gasteiger partial charge >= 0.3 is 0 Å². The standard InChI is InChI=1S/C26H20Cl3N5O2/c1-32(13-14-35)26-30-22-24(34(26)18-5-3-2-4-6-18)31-23(20-12-9-17(28)15-21(20)29)33(25(22)36)19-10-7-16(27)8-11-19/h2-12,15,35H,13-14H2,1H3. The molecule has 3 aromatic carbocycles. The Kier molecular flexibility index (Phi) is 6.73. The molecule has 2 aromatic heterocycles. The minimum absolute atomic E-state index is 0.0808. The van der Waals surface area contributed by atoms with Gasteiger partial charge in [0.25, 0.3) is 5.56 Å². The van der Waals surface area contributed by atoms with Crippen molar-refractivity contribution in [3.8, 4) is 22.8 Å². The number of hydrogen-bond donors (Lipinski definition) is 1. The third-order valence-electron chi connectivity index (χ3n) is 5.71. The quantitative estimate of drug-likeness (QED) is 0.302. The molecular weight excluding hydrogens is 521 g/mol. The molecule has 0 unspecified atom stereocenters. The van der Waals surface area contributed by atoms with Gasteiger partial charge in [-0.05, 0) is 54.6 Å². The van der Waals surface area contributed by atoms with Crippen molar-refractivity contribution >= 4 is 51.9 Å². The van der Waals surface area contributed by atoms with E-state index in [9.17, 15) is 9.90 Å². The molecule has 0 fully saturated rings. The van der Waals surface area contributed by atoms with Crippen molar-refractivity contribution in [2.45, 2.75) is 0 Å². The molecule has 0 saturated carbocycles. The normalized spacial score (nSPS) is 11.2. The summed E-state index contributed by atoms with van der Waals surface area (Å²) in [4.78, 5) is 25.4. The van der Waals surface area contributed by atoms with E-state index >= 15 is 0 Å². The summed E-state index contributed by atoms with van der Waals surface area (Å²) in [6, 6.07) is 21.4. The topological polar surface area (TPSA) is 76.2 Å². The lowest BCUT2D eigenvalue weighted by Crippen LogP contribution is -2.24. The summed E-state index contributed by atoms with van der Waals surface area (Å²) in [6.45, 7) is 0.236. The first-order valence-corrected chi connectivity index (χ1v) is 12.2. The van der Waals surface area contributed by atoms with E-state index in [0.717, 1.165) is 5.69 Å². The number of aliphatic hydroxyl groups is 1. The van der Waals surface area contributed by atoms with Gasteiger partial charge in [0.05, 0.1) is 23.0 Å². The van der Waals surface area contributed by atoms with Crippen molar-refractivity contribution in [3.05, 3.63) is 98.2 Å². The lowest BCUT2D eigenvalue weighted by atomic mass is 10.2. The zero-order chi connectivity index (χ0) is 25.4. The van der Waals surface area contributed by atoms with Crippen molar-refractivity contribution in [2.24, 2.45) is 0 Å². The molecule has 0 aliphatic rings. The summed E-state index contributed by atoms with van der Waals surface area (Å²) >= 11 is 18.8. The number of benzene rings is 3. The molecule has 0 aliphatic carbocycles. The first-order valence-electron chi connectivity index (χ1n) is 11.0. The van der Waals surface area contributed by atoms with Crippen LogP contribution in [0.25, 0.3) is 33.9 Å². The Morgan fingerprint density at radius 1 is 0.861 bits per heavy atom. The van der Waals surface area contributed by atoms with Crippen LogP contribution in [0.3, 0.4) is 0 Å². The lowest BCUT2D eigenvalue weighted by Gasteiger charge is -2.19. The van der Waals surface area contributed by atoms with Gasteiger partial charge in [0.2, 0.25) is 5.95 Å². The van der Waals surface area contributed by atoms with Gasteiger partial charge in [0.1, 0.15) is 0 Å². The van der Waals surface area contributed by atoms with Crippen LogP contribution in [-0.2, 0) is 0 Å². The molecule has 0 spiro atoms. The zero-order valence-electron chi connectivity index (χ0n) is 19.1. The first-order chi connectivity index (χ1) is 17.4. The number of likely N-dealkylation sites (N-methyl/N-ethyl adjacent to an activating group) is 1. The Bertz CT molecular complexity index is 1620. The minimum atomic E-state index is -0.378. The zero-order valence-corrected chi connectivity index (χ0v) is 21.3. The average molecular weight is 541 g/mol. The molecule has 0 bridgehead atoms.